The predicted molar refractivity (Wildman–Crippen MR) is 76.8 cm³/mol. The first-order valence-corrected chi connectivity index (χ1v) is 7.34. The standard InChI is InChI=1S/C15H16F3N3O2/c16-15(17,18)12-10-11-2-1-4-19-14(11)21(12)5-3-13(22)20-6-8-23-9-7-20/h1-2,4,10H,3,5-9H2. The summed E-state index contributed by atoms with van der Waals surface area (Å²) >= 11 is 0. The van der Waals surface area contributed by atoms with Crippen molar-refractivity contribution in [3.05, 3.63) is 30.1 Å². The molecular formula is C15H16F3N3O2. The van der Waals surface area contributed by atoms with E-state index in [2.05, 4.69) is 4.98 Å². The third kappa shape index (κ3) is 3.31. The second kappa shape index (κ2) is 6.19. The molecule has 0 saturated carbocycles. The van der Waals surface area contributed by atoms with Crippen molar-refractivity contribution in [2.75, 3.05) is 26.3 Å². The van der Waals surface area contributed by atoms with E-state index in [-0.39, 0.29) is 24.5 Å². The van der Waals surface area contributed by atoms with Crippen LogP contribution >= 0.6 is 0 Å². The second-order valence-corrected chi connectivity index (χ2v) is 5.34. The van der Waals surface area contributed by atoms with Gasteiger partial charge in [0.25, 0.3) is 0 Å². The van der Waals surface area contributed by atoms with E-state index in [1.54, 1.807) is 17.0 Å². The Labute approximate surface area is 130 Å². The molecule has 0 radical (unpaired) electrons. The van der Waals surface area contributed by atoms with Gasteiger partial charge in [0, 0.05) is 37.6 Å². The van der Waals surface area contributed by atoms with Gasteiger partial charge in [-0.15, -0.1) is 0 Å². The molecule has 1 aliphatic rings. The fourth-order valence-corrected chi connectivity index (χ4v) is 2.73. The van der Waals surface area contributed by atoms with Crippen molar-refractivity contribution in [2.45, 2.75) is 19.1 Å². The lowest BCUT2D eigenvalue weighted by Gasteiger charge is -2.27. The number of carbonyl (C=O) groups is 1. The Kier molecular flexibility index (Phi) is 4.25. The average molecular weight is 327 g/mol. The van der Waals surface area contributed by atoms with Crippen molar-refractivity contribution < 1.29 is 22.7 Å². The molecule has 0 N–H and O–H groups in total. The smallest absolute Gasteiger partial charge is 0.378 e. The Morgan fingerprint density at radius 3 is 2.74 bits per heavy atom. The van der Waals surface area contributed by atoms with Gasteiger partial charge in [0.15, 0.2) is 0 Å². The predicted octanol–water partition coefficient (Wildman–Crippen LogP) is 2.30. The van der Waals surface area contributed by atoms with Gasteiger partial charge in [0.1, 0.15) is 11.3 Å². The number of hydrogen-bond acceptors (Lipinski definition) is 3. The van der Waals surface area contributed by atoms with E-state index in [1.165, 1.54) is 6.20 Å². The molecule has 0 aliphatic carbocycles. The SMILES string of the molecule is O=C(CCn1c(C(F)(F)F)cc2cccnc21)N1CCOCC1. The van der Waals surface area contributed by atoms with Gasteiger partial charge in [-0.1, -0.05) is 0 Å². The first-order valence-electron chi connectivity index (χ1n) is 7.34. The molecule has 1 fully saturated rings. The number of carbonyl (C=O) groups excluding carboxylic acids is 1. The Morgan fingerprint density at radius 2 is 2.04 bits per heavy atom. The minimum absolute atomic E-state index is 0.00341. The van der Waals surface area contributed by atoms with Gasteiger partial charge >= 0.3 is 6.18 Å². The molecule has 1 saturated heterocycles. The first kappa shape index (κ1) is 15.8. The van der Waals surface area contributed by atoms with Gasteiger partial charge in [-0.3, -0.25) is 4.79 Å². The summed E-state index contributed by atoms with van der Waals surface area (Å²) in [5.41, 5.74) is -0.532. The Hall–Kier alpha value is -2.09. The molecule has 1 aliphatic heterocycles. The van der Waals surface area contributed by atoms with Crippen LogP contribution in [-0.2, 0) is 22.3 Å². The zero-order chi connectivity index (χ0) is 16.4. The lowest BCUT2D eigenvalue weighted by Crippen LogP contribution is -2.41. The van der Waals surface area contributed by atoms with Gasteiger partial charge in [-0.25, -0.2) is 4.98 Å². The number of morpholine rings is 1. The zero-order valence-electron chi connectivity index (χ0n) is 12.3. The molecule has 0 atom stereocenters. The third-order valence-corrected chi connectivity index (χ3v) is 3.86. The molecule has 23 heavy (non-hydrogen) atoms. The largest absolute Gasteiger partial charge is 0.431 e. The van der Waals surface area contributed by atoms with Crippen LogP contribution < -0.4 is 0 Å². The highest BCUT2D eigenvalue weighted by Crippen LogP contribution is 2.33. The molecule has 3 rings (SSSR count). The Bertz CT molecular complexity index is 706. The zero-order valence-corrected chi connectivity index (χ0v) is 12.3. The number of amides is 1. The van der Waals surface area contributed by atoms with Crippen molar-refractivity contribution in [2.24, 2.45) is 0 Å². The Morgan fingerprint density at radius 1 is 1.30 bits per heavy atom. The van der Waals surface area contributed by atoms with Crippen molar-refractivity contribution in [1.82, 2.24) is 14.5 Å². The second-order valence-electron chi connectivity index (χ2n) is 5.34. The highest BCUT2D eigenvalue weighted by molar-refractivity contribution is 5.79. The minimum Gasteiger partial charge on any atom is -0.378 e. The lowest BCUT2D eigenvalue weighted by atomic mass is 10.3. The maximum atomic E-state index is 13.2. The van der Waals surface area contributed by atoms with E-state index in [9.17, 15) is 18.0 Å². The van der Waals surface area contributed by atoms with Crippen LogP contribution in [0.2, 0.25) is 0 Å². The van der Waals surface area contributed by atoms with E-state index in [1.807, 2.05) is 0 Å². The van der Waals surface area contributed by atoms with Gasteiger partial charge in [-0.05, 0) is 18.2 Å². The molecule has 2 aromatic rings. The number of alkyl halides is 3. The van der Waals surface area contributed by atoms with Gasteiger partial charge in [0.2, 0.25) is 5.91 Å². The van der Waals surface area contributed by atoms with Gasteiger partial charge in [0.05, 0.1) is 13.2 Å². The van der Waals surface area contributed by atoms with E-state index < -0.39 is 11.9 Å². The van der Waals surface area contributed by atoms with Crippen LogP contribution in [0.5, 0.6) is 0 Å². The van der Waals surface area contributed by atoms with Crippen molar-refractivity contribution in [1.29, 1.82) is 0 Å². The number of halogens is 3. The maximum Gasteiger partial charge on any atom is 0.431 e. The van der Waals surface area contributed by atoms with Crippen molar-refractivity contribution in [3.8, 4) is 0 Å². The summed E-state index contributed by atoms with van der Waals surface area (Å²) in [7, 11) is 0. The van der Waals surface area contributed by atoms with E-state index in [0.29, 0.717) is 31.7 Å². The van der Waals surface area contributed by atoms with Gasteiger partial charge in [-0.2, -0.15) is 13.2 Å². The number of fused-ring (bicyclic) bond motifs is 1. The highest BCUT2D eigenvalue weighted by Gasteiger charge is 2.35. The molecular weight excluding hydrogens is 311 g/mol. The number of ether oxygens (including phenoxy) is 1. The fourth-order valence-electron chi connectivity index (χ4n) is 2.73. The summed E-state index contributed by atoms with van der Waals surface area (Å²) in [6, 6.07) is 4.24. The molecule has 0 bridgehead atoms. The topological polar surface area (TPSA) is 47.4 Å². The monoisotopic (exact) mass is 327 g/mol. The summed E-state index contributed by atoms with van der Waals surface area (Å²) < 4.78 is 45.9. The van der Waals surface area contributed by atoms with Crippen LogP contribution in [0.1, 0.15) is 12.1 Å². The molecule has 2 aromatic heterocycles. The van der Waals surface area contributed by atoms with E-state index >= 15 is 0 Å². The van der Waals surface area contributed by atoms with Crippen LogP contribution in [0.15, 0.2) is 24.4 Å². The highest BCUT2D eigenvalue weighted by atomic mass is 19.4. The van der Waals surface area contributed by atoms with Crippen molar-refractivity contribution >= 4 is 16.9 Å². The summed E-state index contributed by atoms with van der Waals surface area (Å²) in [4.78, 5) is 17.8. The van der Waals surface area contributed by atoms with Crippen LogP contribution in [0.25, 0.3) is 11.0 Å². The number of nitrogens with zero attached hydrogens (tertiary/aromatic N) is 3. The number of pyridine rings is 1. The first-order chi connectivity index (χ1) is 11.0. The quantitative estimate of drug-likeness (QED) is 0.869. The molecule has 0 unspecified atom stereocenters. The molecule has 3 heterocycles. The van der Waals surface area contributed by atoms with Crippen LogP contribution in [0, 0.1) is 0 Å². The molecule has 0 aromatic carbocycles. The van der Waals surface area contributed by atoms with Crippen LogP contribution in [0.4, 0.5) is 13.2 Å². The molecule has 124 valence electrons. The summed E-state index contributed by atoms with van der Waals surface area (Å²) in [5.74, 6) is -0.167. The summed E-state index contributed by atoms with van der Waals surface area (Å²) in [6.07, 6.45) is -3.03. The summed E-state index contributed by atoms with van der Waals surface area (Å²) in [5, 5.41) is 0.415. The lowest BCUT2D eigenvalue weighted by molar-refractivity contribution is -0.144. The Balaban J connectivity index is 1.82. The third-order valence-electron chi connectivity index (χ3n) is 3.86. The number of rotatable bonds is 3. The van der Waals surface area contributed by atoms with Gasteiger partial charge < -0.3 is 14.2 Å². The van der Waals surface area contributed by atoms with Crippen molar-refractivity contribution in [3.63, 3.8) is 0 Å². The average Bonchev–Trinajstić information content (AvgIpc) is 2.92. The normalized spacial score (nSPS) is 16.0. The van der Waals surface area contributed by atoms with E-state index in [0.717, 1.165) is 10.6 Å². The number of aromatic nitrogens is 2. The van der Waals surface area contributed by atoms with Crippen LogP contribution in [0.3, 0.4) is 0 Å². The number of hydrogen-bond donors (Lipinski definition) is 0. The van der Waals surface area contributed by atoms with E-state index in [4.69, 9.17) is 4.74 Å². The molecule has 8 heteroatoms. The molecule has 5 nitrogen and oxygen atoms in total. The van der Waals surface area contributed by atoms with Crippen LogP contribution in [-0.4, -0.2) is 46.7 Å². The summed E-state index contributed by atoms with van der Waals surface area (Å²) in [6.45, 7) is 1.85. The molecule has 0 spiro atoms. The number of aryl methyl sites for hydroxylation is 1. The molecule has 1 amide bonds. The fraction of sp³-hybridized carbons (Fsp3) is 0.467. The maximum absolute atomic E-state index is 13.2. The minimum atomic E-state index is -4.48.